The van der Waals surface area contributed by atoms with Crippen molar-refractivity contribution in [2.24, 2.45) is 11.7 Å². The van der Waals surface area contributed by atoms with Crippen LogP contribution in [0.15, 0.2) is 66.7 Å². The molecule has 1 saturated heterocycles. The minimum Gasteiger partial charge on any atom is -0.469 e. The summed E-state index contributed by atoms with van der Waals surface area (Å²) in [6.07, 6.45) is 2.40. The van der Waals surface area contributed by atoms with Gasteiger partial charge in [-0.1, -0.05) is 54.6 Å². The molecule has 0 unspecified atom stereocenters. The summed E-state index contributed by atoms with van der Waals surface area (Å²) < 4.78 is 4.80. The molecular formula is C28H33ClN6O3. The Kier molecular flexibility index (Phi) is 10.2. The van der Waals surface area contributed by atoms with Gasteiger partial charge >= 0.3 is 5.97 Å². The number of halogens is 1. The highest BCUT2D eigenvalue weighted by Gasteiger charge is 2.40. The Morgan fingerprint density at radius 3 is 2.47 bits per heavy atom. The van der Waals surface area contributed by atoms with Crippen molar-refractivity contribution in [1.82, 2.24) is 15.1 Å². The van der Waals surface area contributed by atoms with Crippen LogP contribution < -0.4 is 11.1 Å². The van der Waals surface area contributed by atoms with E-state index < -0.39 is 0 Å². The van der Waals surface area contributed by atoms with Gasteiger partial charge in [0.05, 0.1) is 25.1 Å². The zero-order chi connectivity index (χ0) is 26.2. The highest BCUT2D eigenvalue weighted by molar-refractivity contribution is 5.95. The molecule has 4 N–H and O–H groups in total. The van der Waals surface area contributed by atoms with E-state index in [2.05, 4.69) is 27.6 Å². The number of nitrogen functional groups attached to an aromatic ring is 1. The van der Waals surface area contributed by atoms with E-state index in [4.69, 9.17) is 15.9 Å². The number of anilines is 1. The van der Waals surface area contributed by atoms with E-state index in [0.29, 0.717) is 36.6 Å². The largest absolute Gasteiger partial charge is 0.469 e. The van der Waals surface area contributed by atoms with E-state index in [1.165, 1.54) is 12.7 Å². The Morgan fingerprint density at radius 2 is 1.84 bits per heavy atom. The lowest BCUT2D eigenvalue weighted by molar-refractivity contribution is -0.144. The number of amides is 1. The van der Waals surface area contributed by atoms with E-state index in [1.54, 1.807) is 12.1 Å². The Balaban J connectivity index is 0.00000400. The van der Waals surface area contributed by atoms with Gasteiger partial charge in [0, 0.05) is 30.3 Å². The lowest BCUT2D eigenvalue weighted by Gasteiger charge is -2.25. The maximum Gasteiger partial charge on any atom is 0.306 e. The molecule has 1 aliphatic rings. The van der Waals surface area contributed by atoms with Crippen molar-refractivity contribution < 1.29 is 14.3 Å². The van der Waals surface area contributed by atoms with Crippen LogP contribution in [0.1, 0.15) is 30.4 Å². The lowest BCUT2D eigenvalue weighted by Crippen LogP contribution is -2.39. The fourth-order valence-electron chi connectivity index (χ4n) is 4.63. The first-order valence-electron chi connectivity index (χ1n) is 12.4. The summed E-state index contributed by atoms with van der Waals surface area (Å²) in [5.41, 5.74) is 8.99. The molecule has 1 fully saturated rings. The summed E-state index contributed by atoms with van der Waals surface area (Å²) in [4.78, 5) is 26.9. The van der Waals surface area contributed by atoms with Gasteiger partial charge in [0.2, 0.25) is 5.91 Å². The van der Waals surface area contributed by atoms with Gasteiger partial charge in [-0.05, 0) is 37.0 Å². The van der Waals surface area contributed by atoms with Gasteiger partial charge in [0.25, 0.3) is 0 Å². The fourth-order valence-corrected chi connectivity index (χ4v) is 4.63. The average Bonchev–Trinajstić information content (AvgIpc) is 3.22. The Hall–Kier alpha value is -3.98. The number of esters is 1. The molecule has 1 amide bonds. The predicted octanol–water partition coefficient (Wildman–Crippen LogP) is 3.67. The van der Waals surface area contributed by atoms with Gasteiger partial charge in [-0.3, -0.25) is 15.0 Å². The van der Waals surface area contributed by atoms with Gasteiger partial charge in [-0.2, -0.15) is 0 Å². The number of hydrogen-bond acceptors (Lipinski definition) is 7. The number of methoxy groups -OCH3 is 1. The highest BCUT2D eigenvalue weighted by Crippen LogP contribution is 2.28. The zero-order valence-electron chi connectivity index (χ0n) is 21.3. The van der Waals surface area contributed by atoms with Gasteiger partial charge in [-0.25, -0.2) is 0 Å². The third-order valence-electron chi connectivity index (χ3n) is 6.65. The summed E-state index contributed by atoms with van der Waals surface area (Å²) in [7, 11) is 1.35. The van der Waals surface area contributed by atoms with Crippen LogP contribution in [0.2, 0.25) is 0 Å². The van der Waals surface area contributed by atoms with Crippen molar-refractivity contribution in [2.45, 2.75) is 31.7 Å². The quantitative estimate of drug-likeness (QED) is 0.193. The Bertz CT molecular complexity index is 1220. The number of benzene rings is 2. The number of amidine groups is 1. The first-order valence-corrected chi connectivity index (χ1v) is 12.4. The standard InChI is InChI=1S/C28H32N6O3.ClH/c1-37-26(35)17-22-16-23(34(28(22)36)15-5-8-19-6-3-2-4-7-19)18-31-25-14-13-24(32-33-25)20-9-11-21(12-10-20)27(29)30;/h2-4,6-7,9-14,22-23H,5,8,15-18H2,1H3,(H3,29,30)(H,31,33);1H/t22-,23-;/m0./s1. The van der Waals surface area contributed by atoms with Crippen molar-refractivity contribution in [3.8, 4) is 11.3 Å². The second-order valence-corrected chi connectivity index (χ2v) is 9.16. The molecule has 0 radical (unpaired) electrons. The number of hydrogen-bond donors (Lipinski definition) is 3. The summed E-state index contributed by atoms with van der Waals surface area (Å²) >= 11 is 0. The first kappa shape index (κ1) is 28.6. The van der Waals surface area contributed by atoms with Gasteiger partial charge in [0.15, 0.2) is 0 Å². The Morgan fingerprint density at radius 1 is 1.11 bits per heavy atom. The number of nitrogens with zero attached hydrogens (tertiary/aromatic N) is 3. The molecule has 0 saturated carbocycles. The van der Waals surface area contributed by atoms with Crippen molar-refractivity contribution in [3.63, 3.8) is 0 Å². The second kappa shape index (κ2) is 13.5. The molecule has 0 aliphatic carbocycles. The van der Waals surface area contributed by atoms with Crippen LogP contribution in [-0.4, -0.2) is 59.1 Å². The molecule has 4 rings (SSSR count). The van der Waals surface area contributed by atoms with Gasteiger partial charge in [-0.15, -0.1) is 22.6 Å². The van der Waals surface area contributed by atoms with Crippen LogP contribution in [0.5, 0.6) is 0 Å². The van der Waals surface area contributed by atoms with Crippen LogP contribution in [0.3, 0.4) is 0 Å². The van der Waals surface area contributed by atoms with E-state index in [9.17, 15) is 9.59 Å². The molecule has 2 atom stereocenters. The van der Waals surface area contributed by atoms with Crippen molar-refractivity contribution in [1.29, 1.82) is 5.41 Å². The smallest absolute Gasteiger partial charge is 0.306 e. The van der Waals surface area contributed by atoms with Crippen LogP contribution >= 0.6 is 12.4 Å². The molecular weight excluding hydrogens is 504 g/mol. The number of carbonyl (C=O) groups is 2. The number of aryl methyl sites for hydroxylation is 1. The fraction of sp³-hybridized carbons (Fsp3) is 0.321. The molecule has 38 heavy (non-hydrogen) atoms. The molecule has 9 nitrogen and oxygen atoms in total. The van der Waals surface area contributed by atoms with E-state index in [-0.39, 0.29) is 48.5 Å². The summed E-state index contributed by atoms with van der Waals surface area (Å²) in [6, 6.07) is 21.1. The van der Waals surface area contributed by atoms with Crippen molar-refractivity contribution in [2.75, 3.05) is 25.5 Å². The SMILES string of the molecule is COC(=O)C[C@@H]1C[C@@H](CNc2ccc(-c3ccc(C(=N)N)cc3)nn2)N(CCCc2ccccc2)C1=O.Cl. The molecule has 10 heteroatoms. The molecule has 0 bridgehead atoms. The molecule has 1 aliphatic heterocycles. The summed E-state index contributed by atoms with van der Waals surface area (Å²) in [5.74, 6) is -0.111. The molecule has 1 aromatic heterocycles. The molecule has 3 aromatic rings. The van der Waals surface area contributed by atoms with Gasteiger partial charge < -0.3 is 20.7 Å². The van der Waals surface area contributed by atoms with Crippen LogP contribution in [-0.2, 0) is 20.7 Å². The number of nitrogens with one attached hydrogen (secondary N) is 2. The third-order valence-corrected chi connectivity index (χ3v) is 6.65. The second-order valence-electron chi connectivity index (χ2n) is 9.16. The lowest BCUT2D eigenvalue weighted by atomic mass is 10.0. The van der Waals surface area contributed by atoms with Gasteiger partial charge in [0.1, 0.15) is 11.7 Å². The number of aromatic nitrogens is 2. The number of carbonyl (C=O) groups excluding carboxylic acids is 2. The summed E-state index contributed by atoms with van der Waals surface area (Å²) in [5, 5.41) is 19.4. The average molecular weight is 537 g/mol. The summed E-state index contributed by atoms with van der Waals surface area (Å²) in [6.45, 7) is 1.13. The van der Waals surface area contributed by atoms with Crippen LogP contribution in [0.4, 0.5) is 5.82 Å². The normalized spacial score (nSPS) is 16.6. The highest BCUT2D eigenvalue weighted by atomic mass is 35.5. The van der Waals surface area contributed by atoms with Crippen LogP contribution in [0.25, 0.3) is 11.3 Å². The van der Waals surface area contributed by atoms with E-state index in [1.807, 2.05) is 47.4 Å². The maximum atomic E-state index is 13.1. The first-order chi connectivity index (χ1) is 17.9. The molecule has 200 valence electrons. The molecule has 2 aromatic carbocycles. The van der Waals surface area contributed by atoms with Crippen LogP contribution in [0, 0.1) is 11.3 Å². The number of rotatable bonds is 11. The molecule has 2 heterocycles. The predicted molar refractivity (Wildman–Crippen MR) is 149 cm³/mol. The van der Waals surface area contributed by atoms with E-state index in [0.717, 1.165) is 18.4 Å². The monoisotopic (exact) mass is 536 g/mol. The number of likely N-dealkylation sites (tertiary alicyclic amines) is 1. The topological polar surface area (TPSA) is 134 Å². The Labute approximate surface area is 228 Å². The number of ether oxygens (including phenoxy) is 1. The van der Waals surface area contributed by atoms with Crippen molar-refractivity contribution >= 4 is 35.9 Å². The maximum absolute atomic E-state index is 13.1. The zero-order valence-corrected chi connectivity index (χ0v) is 22.1. The third kappa shape index (κ3) is 7.29. The number of nitrogens with two attached hydrogens (primary N) is 1. The van der Waals surface area contributed by atoms with E-state index >= 15 is 0 Å². The minimum absolute atomic E-state index is 0. The molecule has 0 spiro atoms. The minimum atomic E-state index is -0.373. The van der Waals surface area contributed by atoms with Crippen molar-refractivity contribution in [3.05, 3.63) is 77.9 Å².